The number of hydrogen-bond acceptors (Lipinski definition) is 4. The SMILES string of the molecule is Cc1ccc(C(=O)N/C(=C/c2cccs2)C(=O)NCCCn2cccn2)cc1C. The van der Waals surface area contributed by atoms with Gasteiger partial charge in [-0.2, -0.15) is 5.10 Å². The molecule has 0 fully saturated rings. The summed E-state index contributed by atoms with van der Waals surface area (Å²) >= 11 is 1.50. The van der Waals surface area contributed by atoms with E-state index in [0.29, 0.717) is 18.7 Å². The highest BCUT2D eigenvalue weighted by molar-refractivity contribution is 7.10. The van der Waals surface area contributed by atoms with Crippen LogP contribution in [-0.4, -0.2) is 28.1 Å². The number of carbonyl (C=O) groups excluding carboxylic acids is 2. The van der Waals surface area contributed by atoms with Crippen LogP contribution in [0.15, 0.2) is 59.9 Å². The zero-order chi connectivity index (χ0) is 20.6. The van der Waals surface area contributed by atoms with E-state index in [2.05, 4.69) is 15.7 Å². The summed E-state index contributed by atoms with van der Waals surface area (Å²) in [6.07, 6.45) is 6.05. The minimum absolute atomic E-state index is 0.231. The quantitative estimate of drug-likeness (QED) is 0.442. The number of aromatic nitrogens is 2. The molecule has 2 N–H and O–H groups in total. The molecule has 0 saturated carbocycles. The minimum Gasteiger partial charge on any atom is -0.351 e. The first-order chi connectivity index (χ1) is 14.0. The van der Waals surface area contributed by atoms with Gasteiger partial charge in [0.25, 0.3) is 11.8 Å². The average Bonchev–Trinajstić information content (AvgIpc) is 3.40. The molecule has 0 radical (unpaired) electrons. The number of nitrogens with zero attached hydrogens (tertiary/aromatic N) is 2. The maximum atomic E-state index is 12.7. The van der Waals surface area contributed by atoms with Crippen LogP contribution >= 0.6 is 11.3 Å². The Morgan fingerprint density at radius 3 is 2.72 bits per heavy atom. The lowest BCUT2D eigenvalue weighted by atomic mass is 10.1. The van der Waals surface area contributed by atoms with Crippen molar-refractivity contribution < 1.29 is 9.59 Å². The van der Waals surface area contributed by atoms with E-state index in [1.54, 1.807) is 18.3 Å². The fourth-order valence-corrected chi connectivity index (χ4v) is 3.38. The van der Waals surface area contributed by atoms with Crippen LogP contribution in [0.5, 0.6) is 0 Å². The molecule has 0 saturated heterocycles. The minimum atomic E-state index is -0.309. The van der Waals surface area contributed by atoms with Gasteiger partial charge >= 0.3 is 0 Å². The second-order valence-corrected chi connectivity index (χ2v) is 7.68. The van der Waals surface area contributed by atoms with Crippen molar-refractivity contribution in [3.05, 3.63) is 81.4 Å². The van der Waals surface area contributed by atoms with Gasteiger partial charge in [-0.1, -0.05) is 12.1 Å². The molecule has 7 heteroatoms. The second kappa shape index (κ2) is 9.84. The summed E-state index contributed by atoms with van der Waals surface area (Å²) in [6.45, 7) is 5.16. The van der Waals surface area contributed by atoms with E-state index < -0.39 is 0 Å². The number of benzene rings is 1. The topological polar surface area (TPSA) is 76.0 Å². The normalized spacial score (nSPS) is 11.3. The molecule has 0 aliphatic heterocycles. The van der Waals surface area contributed by atoms with Gasteiger partial charge in [0.05, 0.1) is 0 Å². The molecule has 150 valence electrons. The Kier molecular flexibility index (Phi) is 6.97. The van der Waals surface area contributed by atoms with Crippen LogP contribution in [0.2, 0.25) is 0 Å². The highest BCUT2D eigenvalue weighted by Gasteiger charge is 2.15. The molecule has 1 aromatic carbocycles. The molecule has 2 heterocycles. The Balaban J connectivity index is 1.66. The molecule has 6 nitrogen and oxygen atoms in total. The lowest BCUT2D eigenvalue weighted by molar-refractivity contribution is -0.117. The fourth-order valence-electron chi connectivity index (χ4n) is 2.72. The molecule has 2 amide bonds. The number of amides is 2. The molecule has 3 aromatic rings. The maximum Gasteiger partial charge on any atom is 0.267 e. The summed E-state index contributed by atoms with van der Waals surface area (Å²) in [5, 5.41) is 11.7. The summed E-state index contributed by atoms with van der Waals surface area (Å²) in [5.41, 5.74) is 2.90. The van der Waals surface area contributed by atoms with Gasteiger partial charge in [0.2, 0.25) is 0 Å². The Morgan fingerprint density at radius 1 is 1.17 bits per heavy atom. The van der Waals surface area contributed by atoms with Crippen molar-refractivity contribution in [2.75, 3.05) is 6.54 Å². The maximum absolute atomic E-state index is 12.7. The van der Waals surface area contributed by atoms with Crippen molar-refractivity contribution in [1.82, 2.24) is 20.4 Å². The van der Waals surface area contributed by atoms with Gasteiger partial charge in [0.1, 0.15) is 5.70 Å². The third-order valence-electron chi connectivity index (χ3n) is 4.50. The second-order valence-electron chi connectivity index (χ2n) is 6.71. The summed E-state index contributed by atoms with van der Waals surface area (Å²) in [7, 11) is 0. The molecule has 0 bridgehead atoms. The van der Waals surface area contributed by atoms with Gasteiger partial charge in [-0.05, 0) is 67.1 Å². The number of hydrogen-bond donors (Lipinski definition) is 2. The number of thiophene rings is 1. The molecule has 0 aliphatic carbocycles. The predicted molar refractivity (Wildman–Crippen MR) is 116 cm³/mol. The number of aryl methyl sites for hydroxylation is 3. The fraction of sp³-hybridized carbons (Fsp3) is 0.227. The van der Waals surface area contributed by atoms with Crippen LogP contribution in [-0.2, 0) is 11.3 Å². The highest BCUT2D eigenvalue weighted by Crippen LogP contribution is 2.14. The lowest BCUT2D eigenvalue weighted by Gasteiger charge is -2.12. The summed E-state index contributed by atoms with van der Waals surface area (Å²) < 4.78 is 1.82. The first-order valence-electron chi connectivity index (χ1n) is 9.42. The Labute approximate surface area is 174 Å². The van der Waals surface area contributed by atoms with E-state index in [-0.39, 0.29) is 17.5 Å². The van der Waals surface area contributed by atoms with Crippen LogP contribution in [0, 0.1) is 13.8 Å². The molecule has 0 aliphatic rings. The zero-order valence-electron chi connectivity index (χ0n) is 16.5. The van der Waals surface area contributed by atoms with Crippen molar-refractivity contribution in [3.8, 4) is 0 Å². The predicted octanol–water partition coefficient (Wildman–Crippen LogP) is 3.54. The monoisotopic (exact) mass is 408 g/mol. The van der Waals surface area contributed by atoms with Crippen LogP contribution in [0.1, 0.15) is 32.8 Å². The van der Waals surface area contributed by atoms with E-state index >= 15 is 0 Å². The van der Waals surface area contributed by atoms with E-state index in [9.17, 15) is 9.59 Å². The van der Waals surface area contributed by atoms with Gasteiger partial charge in [-0.3, -0.25) is 14.3 Å². The van der Waals surface area contributed by atoms with Gasteiger partial charge in [-0.25, -0.2) is 0 Å². The highest BCUT2D eigenvalue weighted by atomic mass is 32.1. The average molecular weight is 409 g/mol. The molecule has 2 aromatic heterocycles. The molecule has 0 unspecified atom stereocenters. The number of nitrogens with one attached hydrogen (secondary N) is 2. The Bertz CT molecular complexity index is 992. The Hall–Kier alpha value is -3.19. The summed E-state index contributed by atoms with van der Waals surface area (Å²) in [5.74, 6) is -0.612. The van der Waals surface area contributed by atoms with Gasteiger partial charge < -0.3 is 10.6 Å². The van der Waals surface area contributed by atoms with E-state index in [4.69, 9.17) is 0 Å². The van der Waals surface area contributed by atoms with Crippen molar-refractivity contribution >= 4 is 29.2 Å². The van der Waals surface area contributed by atoms with E-state index in [1.807, 2.05) is 60.4 Å². The van der Waals surface area contributed by atoms with Gasteiger partial charge in [0, 0.05) is 35.9 Å². The molecular formula is C22H24N4O2S. The smallest absolute Gasteiger partial charge is 0.267 e. The van der Waals surface area contributed by atoms with Crippen molar-refractivity contribution in [2.45, 2.75) is 26.8 Å². The molecule has 29 heavy (non-hydrogen) atoms. The van der Waals surface area contributed by atoms with Gasteiger partial charge in [0.15, 0.2) is 0 Å². The van der Waals surface area contributed by atoms with Crippen molar-refractivity contribution in [1.29, 1.82) is 0 Å². The number of rotatable bonds is 8. The molecular weight excluding hydrogens is 384 g/mol. The number of carbonyl (C=O) groups is 2. The van der Waals surface area contributed by atoms with Crippen LogP contribution < -0.4 is 10.6 Å². The Morgan fingerprint density at radius 2 is 2.03 bits per heavy atom. The van der Waals surface area contributed by atoms with E-state index in [1.165, 1.54) is 11.3 Å². The van der Waals surface area contributed by atoms with Crippen LogP contribution in [0.3, 0.4) is 0 Å². The molecule has 0 atom stereocenters. The van der Waals surface area contributed by atoms with Crippen LogP contribution in [0.25, 0.3) is 6.08 Å². The molecule has 3 rings (SSSR count). The van der Waals surface area contributed by atoms with Crippen molar-refractivity contribution in [3.63, 3.8) is 0 Å². The zero-order valence-corrected chi connectivity index (χ0v) is 17.3. The molecule has 0 spiro atoms. The van der Waals surface area contributed by atoms with E-state index in [0.717, 1.165) is 22.4 Å². The largest absolute Gasteiger partial charge is 0.351 e. The third-order valence-corrected chi connectivity index (χ3v) is 5.32. The van der Waals surface area contributed by atoms with Crippen LogP contribution in [0.4, 0.5) is 0 Å². The third kappa shape index (κ3) is 5.89. The first-order valence-corrected chi connectivity index (χ1v) is 10.3. The summed E-state index contributed by atoms with van der Waals surface area (Å²) in [6, 6.07) is 11.2. The lowest BCUT2D eigenvalue weighted by Crippen LogP contribution is -2.35. The van der Waals surface area contributed by atoms with Crippen molar-refractivity contribution in [2.24, 2.45) is 0 Å². The standard InChI is InChI=1S/C22H24N4O2S/c1-16-7-8-18(14-17(16)2)21(27)25-20(15-19-6-3-13-29-19)22(28)23-9-4-11-26-12-5-10-24-26/h3,5-8,10,12-15H,4,9,11H2,1-2H3,(H,23,28)(H,25,27)/b20-15+. The summed E-state index contributed by atoms with van der Waals surface area (Å²) in [4.78, 5) is 26.3. The first kappa shape index (κ1) is 20.5. The van der Waals surface area contributed by atoms with Gasteiger partial charge in [-0.15, -0.1) is 11.3 Å².